The molecule has 0 fully saturated rings. The van der Waals surface area contributed by atoms with Crippen molar-refractivity contribution >= 4 is 11.0 Å². The van der Waals surface area contributed by atoms with Crippen molar-refractivity contribution < 1.29 is 13.9 Å². The van der Waals surface area contributed by atoms with E-state index in [4.69, 9.17) is 13.9 Å². The van der Waals surface area contributed by atoms with Crippen molar-refractivity contribution in [2.45, 2.75) is 13.3 Å². The highest BCUT2D eigenvalue weighted by Gasteiger charge is 2.10. The van der Waals surface area contributed by atoms with Crippen LogP contribution in [0.25, 0.3) is 11.0 Å². The predicted octanol–water partition coefficient (Wildman–Crippen LogP) is 2.37. The smallest absolute Gasteiger partial charge is 0.339 e. The topological polar surface area (TPSA) is 48.7 Å². The van der Waals surface area contributed by atoms with Gasteiger partial charge in [0, 0.05) is 17.7 Å². The Morgan fingerprint density at radius 1 is 1.18 bits per heavy atom. The summed E-state index contributed by atoms with van der Waals surface area (Å²) in [6.45, 7) is 1.91. The van der Waals surface area contributed by atoms with Crippen LogP contribution in [-0.2, 0) is 6.42 Å². The fourth-order valence-electron chi connectivity index (χ4n) is 1.74. The molecule has 2 aromatic rings. The number of hydrogen-bond donors (Lipinski definition) is 0. The minimum atomic E-state index is -0.310. The number of ether oxygens (including phenoxy) is 2. The molecule has 2 rings (SSSR count). The van der Waals surface area contributed by atoms with Crippen LogP contribution in [-0.4, -0.2) is 14.2 Å². The number of rotatable bonds is 3. The molecule has 0 unspecified atom stereocenters. The third kappa shape index (κ3) is 1.98. The molecule has 0 atom stereocenters. The van der Waals surface area contributed by atoms with Gasteiger partial charge in [-0.3, -0.25) is 0 Å². The largest absolute Gasteiger partial charge is 0.496 e. The Bertz CT molecular complexity index is 598. The van der Waals surface area contributed by atoms with E-state index < -0.39 is 0 Å². The van der Waals surface area contributed by atoms with Gasteiger partial charge < -0.3 is 13.9 Å². The van der Waals surface area contributed by atoms with Crippen LogP contribution in [0, 0.1) is 0 Å². The van der Waals surface area contributed by atoms with E-state index >= 15 is 0 Å². The van der Waals surface area contributed by atoms with Crippen molar-refractivity contribution in [2.75, 3.05) is 14.2 Å². The lowest BCUT2D eigenvalue weighted by Crippen LogP contribution is -2.06. The van der Waals surface area contributed by atoms with E-state index in [0.29, 0.717) is 29.1 Å². The highest BCUT2D eigenvalue weighted by Crippen LogP contribution is 2.30. The lowest BCUT2D eigenvalue weighted by Gasteiger charge is -2.08. The Morgan fingerprint density at radius 2 is 1.94 bits per heavy atom. The van der Waals surface area contributed by atoms with E-state index in [-0.39, 0.29) is 5.63 Å². The first kappa shape index (κ1) is 11.5. The first-order chi connectivity index (χ1) is 8.19. The van der Waals surface area contributed by atoms with Gasteiger partial charge in [0.25, 0.3) is 0 Å². The number of fused-ring (bicyclic) bond motifs is 1. The van der Waals surface area contributed by atoms with Gasteiger partial charge in [-0.1, -0.05) is 6.92 Å². The highest BCUT2D eigenvalue weighted by molar-refractivity contribution is 5.85. The normalized spacial score (nSPS) is 10.5. The fraction of sp³-hybridized carbons (Fsp3) is 0.308. The number of hydrogen-bond acceptors (Lipinski definition) is 4. The second-order valence-corrected chi connectivity index (χ2v) is 3.65. The van der Waals surface area contributed by atoms with Crippen LogP contribution in [0.5, 0.6) is 11.5 Å². The van der Waals surface area contributed by atoms with Crippen LogP contribution in [0.4, 0.5) is 0 Å². The monoisotopic (exact) mass is 234 g/mol. The Hall–Kier alpha value is -1.97. The maximum atomic E-state index is 11.6. The van der Waals surface area contributed by atoms with Gasteiger partial charge in [-0.2, -0.15) is 0 Å². The van der Waals surface area contributed by atoms with Gasteiger partial charge in [-0.15, -0.1) is 0 Å². The summed E-state index contributed by atoms with van der Waals surface area (Å²) in [5.74, 6) is 1.24. The first-order valence-corrected chi connectivity index (χ1v) is 5.38. The van der Waals surface area contributed by atoms with Gasteiger partial charge in [-0.05, 0) is 12.5 Å². The van der Waals surface area contributed by atoms with E-state index in [0.717, 1.165) is 5.39 Å². The Kier molecular flexibility index (Phi) is 3.04. The molecule has 1 heterocycles. The zero-order valence-electron chi connectivity index (χ0n) is 10.1. The van der Waals surface area contributed by atoms with Crippen molar-refractivity contribution in [1.29, 1.82) is 0 Å². The molecule has 4 nitrogen and oxygen atoms in total. The van der Waals surface area contributed by atoms with Crippen molar-refractivity contribution in [3.63, 3.8) is 0 Å². The minimum absolute atomic E-state index is 0.310. The van der Waals surface area contributed by atoms with E-state index in [9.17, 15) is 4.79 Å². The van der Waals surface area contributed by atoms with Crippen LogP contribution in [0.15, 0.2) is 27.4 Å². The van der Waals surface area contributed by atoms with Gasteiger partial charge in [-0.25, -0.2) is 4.79 Å². The maximum absolute atomic E-state index is 11.6. The summed E-state index contributed by atoms with van der Waals surface area (Å²) in [7, 11) is 3.13. The molecule has 1 aromatic heterocycles. The molecule has 0 aliphatic heterocycles. The summed E-state index contributed by atoms with van der Waals surface area (Å²) in [6.07, 6.45) is 0.632. The van der Waals surface area contributed by atoms with Crippen molar-refractivity contribution in [1.82, 2.24) is 0 Å². The molecular weight excluding hydrogens is 220 g/mol. The van der Waals surface area contributed by atoms with Gasteiger partial charge in [0.15, 0.2) is 0 Å². The van der Waals surface area contributed by atoms with Crippen LogP contribution in [0.1, 0.15) is 12.5 Å². The van der Waals surface area contributed by atoms with E-state index in [1.807, 2.05) is 6.92 Å². The molecule has 1 aromatic carbocycles. The molecule has 0 bridgehead atoms. The van der Waals surface area contributed by atoms with E-state index in [2.05, 4.69) is 0 Å². The number of methoxy groups -OCH3 is 2. The van der Waals surface area contributed by atoms with Crippen molar-refractivity contribution in [3.05, 3.63) is 34.2 Å². The quantitative estimate of drug-likeness (QED) is 0.765. The predicted molar refractivity (Wildman–Crippen MR) is 65.0 cm³/mol. The van der Waals surface area contributed by atoms with Gasteiger partial charge in [0.05, 0.1) is 19.6 Å². The van der Waals surface area contributed by atoms with E-state index in [1.54, 1.807) is 32.4 Å². The summed E-state index contributed by atoms with van der Waals surface area (Å²) in [6, 6.07) is 5.25. The highest BCUT2D eigenvalue weighted by atomic mass is 16.5. The van der Waals surface area contributed by atoms with Crippen LogP contribution < -0.4 is 15.1 Å². The number of benzene rings is 1. The SMILES string of the molecule is CCc1cc2c(OC)cc(OC)cc2oc1=O. The molecule has 0 N–H and O–H groups in total. The third-order valence-electron chi connectivity index (χ3n) is 2.70. The summed E-state index contributed by atoms with van der Waals surface area (Å²) >= 11 is 0. The second kappa shape index (κ2) is 4.49. The average Bonchev–Trinajstić information content (AvgIpc) is 2.36. The first-order valence-electron chi connectivity index (χ1n) is 5.38. The Morgan fingerprint density at radius 3 is 2.53 bits per heavy atom. The summed E-state index contributed by atoms with van der Waals surface area (Å²) < 4.78 is 15.6. The minimum Gasteiger partial charge on any atom is -0.496 e. The number of aryl methyl sites for hydroxylation is 1. The summed E-state index contributed by atoms with van der Waals surface area (Å²) in [4.78, 5) is 11.6. The van der Waals surface area contributed by atoms with Crippen molar-refractivity contribution in [2.24, 2.45) is 0 Å². The zero-order valence-corrected chi connectivity index (χ0v) is 10.1. The molecule has 0 saturated heterocycles. The fourth-order valence-corrected chi connectivity index (χ4v) is 1.74. The zero-order chi connectivity index (χ0) is 12.4. The molecular formula is C13H14O4. The molecule has 0 aliphatic rings. The molecule has 90 valence electrons. The molecule has 0 amide bonds. The van der Waals surface area contributed by atoms with Crippen LogP contribution >= 0.6 is 0 Å². The summed E-state index contributed by atoms with van der Waals surface area (Å²) in [5, 5.41) is 0.782. The molecule has 17 heavy (non-hydrogen) atoms. The maximum Gasteiger partial charge on any atom is 0.339 e. The standard InChI is InChI=1S/C13H14O4/c1-4-8-5-10-11(16-3)6-9(15-2)7-12(10)17-13(8)14/h5-7H,4H2,1-3H3. The Balaban J connectivity index is 2.80. The molecule has 0 radical (unpaired) electrons. The second-order valence-electron chi connectivity index (χ2n) is 3.65. The average molecular weight is 234 g/mol. The lowest BCUT2D eigenvalue weighted by atomic mass is 10.1. The van der Waals surface area contributed by atoms with Crippen LogP contribution in [0.2, 0.25) is 0 Å². The third-order valence-corrected chi connectivity index (χ3v) is 2.70. The van der Waals surface area contributed by atoms with Gasteiger partial charge >= 0.3 is 5.63 Å². The van der Waals surface area contributed by atoms with Crippen LogP contribution in [0.3, 0.4) is 0 Å². The van der Waals surface area contributed by atoms with Gasteiger partial charge in [0.1, 0.15) is 17.1 Å². The Labute approximate surface area is 98.8 Å². The molecule has 4 heteroatoms. The molecule has 0 aliphatic carbocycles. The molecule has 0 spiro atoms. The van der Waals surface area contributed by atoms with E-state index in [1.165, 1.54) is 0 Å². The van der Waals surface area contributed by atoms with Gasteiger partial charge in [0.2, 0.25) is 0 Å². The molecule has 0 saturated carbocycles. The van der Waals surface area contributed by atoms with Crippen molar-refractivity contribution in [3.8, 4) is 11.5 Å². The summed E-state index contributed by atoms with van der Waals surface area (Å²) in [5.41, 5.74) is 0.805. The lowest BCUT2D eigenvalue weighted by molar-refractivity contribution is 0.395.